The zero-order valence-electron chi connectivity index (χ0n) is 12.1. The molecule has 1 heterocycles. The summed E-state index contributed by atoms with van der Waals surface area (Å²) in [5, 5.41) is 0.725. The van der Waals surface area contributed by atoms with Crippen LogP contribution in [0.2, 0.25) is 5.02 Å². The Morgan fingerprint density at radius 2 is 2.05 bits per heavy atom. The van der Waals surface area contributed by atoms with Gasteiger partial charge in [0.1, 0.15) is 18.2 Å². The summed E-state index contributed by atoms with van der Waals surface area (Å²) >= 11 is 6.07. The lowest BCUT2D eigenvalue weighted by atomic mass is 10.2. The predicted octanol–water partition coefficient (Wildman–Crippen LogP) is 4.60. The van der Waals surface area contributed by atoms with Crippen LogP contribution in [0, 0.1) is 6.92 Å². The van der Waals surface area contributed by atoms with Gasteiger partial charge >= 0.3 is 0 Å². The van der Waals surface area contributed by atoms with Gasteiger partial charge in [0.15, 0.2) is 0 Å². The van der Waals surface area contributed by atoms with Gasteiger partial charge < -0.3 is 9.30 Å². The smallest absolute Gasteiger partial charge is 0.147 e. The molecule has 0 saturated carbocycles. The van der Waals surface area contributed by atoms with Crippen molar-refractivity contribution in [1.29, 1.82) is 0 Å². The first kappa shape index (κ1) is 14.0. The van der Waals surface area contributed by atoms with Crippen LogP contribution in [0.5, 0.6) is 5.75 Å². The molecular formula is C17H17ClN2O. The van der Waals surface area contributed by atoms with Crippen molar-refractivity contribution in [2.75, 3.05) is 0 Å². The van der Waals surface area contributed by atoms with Gasteiger partial charge in [0, 0.05) is 11.6 Å². The van der Waals surface area contributed by atoms with Gasteiger partial charge in [-0.25, -0.2) is 4.98 Å². The molecule has 0 aliphatic heterocycles. The molecule has 0 N–H and O–H groups in total. The normalized spacial score (nSPS) is 11.0. The third kappa shape index (κ3) is 2.88. The molecule has 0 atom stereocenters. The fraction of sp³-hybridized carbons (Fsp3) is 0.235. The summed E-state index contributed by atoms with van der Waals surface area (Å²) in [5.41, 5.74) is 3.18. The predicted molar refractivity (Wildman–Crippen MR) is 85.9 cm³/mol. The van der Waals surface area contributed by atoms with Gasteiger partial charge in [-0.3, -0.25) is 0 Å². The summed E-state index contributed by atoms with van der Waals surface area (Å²) in [7, 11) is 0. The Kier molecular flexibility index (Phi) is 3.84. The molecule has 0 aliphatic carbocycles. The lowest BCUT2D eigenvalue weighted by Gasteiger charge is -2.08. The number of benzene rings is 2. The van der Waals surface area contributed by atoms with E-state index in [-0.39, 0.29) is 0 Å². The Morgan fingerprint density at radius 3 is 2.81 bits per heavy atom. The van der Waals surface area contributed by atoms with Crippen LogP contribution in [-0.2, 0) is 13.2 Å². The SMILES string of the molecule is CCn1c(COc2cccc(C)c2)nc2ccc(Cl)cc21. The Morgan fingerprint density at radius 1 is 1.19 bits per heavy atom. The van der Waals surface area contributed by atoms with Gasteiger partial charge in [-0.1, -0.05) is 23.7 Å². The van der Waals surface area contributed by atoms with Gasteiger partial charge in [0.05, 0.1) is 11.0 Å². The minimum atomic E-state index is 0.448. The molecular weight excluding hydrogens is 284 g/mol. The van der Waals surface area contributed by atoms with Crippen molar-refractivity contribution in [2.45, 2.75) is 27.0 Å². The van der Waals surface area contributed by atoms with Crippen LogP contribution in [0.15, 0.2) is 42.5 Å². The van der Waals surface area contributed by atoms with Crippen LogP contribution in [-0.4, -0.2) is 9.55 Å². The summed E-state index contributed by atoms with van der Waals surface area (Å²) in [6.07, 6.45) is 0. The quantitative estimate of drug-likeness (QED) is 0.704. The number of hydrogen-bond acceptors (Lipinski definition) is 2. The minimum Gasteiger partial charge on any atom is -0.486 e. The molecule has 3 aromatic rings. The molecule has 4 heteroatoms. The van der Waals surface area contributed by atoms with E-state index in [4.69, 9.17) is 16.3 Å². The zero-order valence-corrected chi connectivity index (χ0v) is 12.9. The number of aryl methyl sites for hydroxylation is 2. The van der Waals surface area contributed by atoms with Gasteiger partial charge in [0.25, 0.3) is 0 Å². The second-order valence-electron chi connectivity index (χ2n) is 5.01. The molecule has 1 aromatic heterocycles. The molecule has 3 nitrogen and oxygen atoms in total. The van der Waals surface area contributed by atoms with Crippen LogP contribution in [0.3, 0.4) is 0 Å². The Hall–Kier alpha value is -2.00. The van der Waals surface area contributed by atoms with Crippen molar-refractivity contribution < 1.29 is 4.74 Å². The van der Waals surface area contributed by atoms with Crippen molar-refractivity contribution in [3.8, 4) is 5.75 Å². The maximum absolute atomic E-state index is 6.07. The molecule has 0 unspecified atom stereocenters. The van der Waals surface area contributed by atoms with Gasteiger partial charge in [-0.05, 0) is 49.7 Å². The Bertz CT molecular complexity index is 780. The largest absolute Gasteiger partial charge is 0.486 e. The van der Waals surface area contributed by atoms with Gasteiger partial charge in [-0.15, -0.1) is 0 Å². The van der Waals surface area contributed by atoms with Crippen molar-refractivity contribution in [3.63, 3.8) is 0 Å². The highest BCUT2D eigenvalue weighted by Gasteiger charge is 2.10. The molecule has 2 aromatic carbocycles. The van der Waals surface area contributed by atoms with E-state index >= 15 is 0 Å². The monoisotopic (exact) mass is 300 g/mol. The first-order valence-electron chi connectivity index (χ1n) is 7.01. The average molecular weight is 301 g/mol. The number of rotatable bonds is 4. The summed E-state index contributed by atoms with van der Waals surface area (Å²) in [5.74, 6) is 1.78. The molecule has 0 amide bonds. The van der Waals surface area contributed by atoms with E-state index in [9.17, 15) is 0 Å². The highest BCUT2D eigenvalue weighted by molar-refractivity contribution is 6.31. The molecule has 0 spiro atoms. The van der Waals surface area contributed by atoms with E-state index < -0.39 is 0 Å². The number of hydrogen-bond donors (Lipinski definition) is 0. The van der Waals surface area contributed by atoms with E-state index in [2.05, 4.69) is 29.5 Å². The third-order valence-corrected chi connectivity index (χ3v) is 3.70. The lowest BCUT2D eigenvalue weighted by molar-refractivity contribution is 0.290. The van der Waals surface area contributed by atoms with Gasteiger partial charge in [-0.2, -0.15) is 0 Å². The van der Waals surface area contributed by atoms with Crippen LogP contribution in [0.4, 0.5) is 0 Å². The lowest BCUT2D eigenvalue weighted by Crippen LogP contribution is -2.06. The second-order valence-corrected chi connectivity index (χ2v) is 5.45. The summed E-state index contributed by atoms with van der Waals surface area (Å²) in [4.78, 5) is 4.64. The number of imidazole rings is 1. The molecule has 21 heavy (non-hydrogen) atoms. The Labute approximate surface area is 129 Å². The van der Waals surface area contributed by atoms with Crippen molar-refractivity contribution in [1.82, 2.24) is 9.55 Å². The summed E-state index contributed by atoms with van der Waals surface area (Å²) < 4.78 is 7.99. The van der Waals surface area contributed by atoms with Crippen LogP contribution in [0.25, 0.3) is 11.0 Å². The van der Waals surface area contributed by atoms with Crippen molar-refractivity contribution in [3.05, 3.63) is 58.9 Å². The van der Waals surface area contributed by atoms with Crippen LogP contribution >= 0.6 is 11.6 Å². The standard InChI is InChI=1S/C17H17ClN2O/c1-3-20-16-10-13(18)7-8-15(16)19-17(20)11-21-14-6-4-5-12(2)9-14/h4-10H,3,11H2,1-2H3. The van der Waals surface area contributed by atoms with Crippen LogP contribution in [0.1, 0.15) is 18.3 Å². The van der Waals surface area contributed by atoms with Crippen molar-refractivity contribution in [2.24, 2.45) is 0 Å². The minimum absolute atomic E-state index is 0.448. The molecule has 0 radical (unpaired) electrons. The highest BCUT2D eigenvalue weighted by Crippen LogP contribution is 2.22. The zero-order chi connectivity index (χ0) is 14.8. The molecule has 0 aliphatic rings. The molecule has 108 valence electrons. The van der Waals surface area contributed by atoms with Crippen LogP contribution < -0.4 is 4.74 Å². The Balaban J connectivity index is 1.90. The fourth-order valence-electron chi connectivity index (χ4n) is 2.46. The first-order chi connectivity index (χ1) is 10.2. The van der Waals surface area contributed by atoms with E-state index in [1.807, 2.05) is 36.4 Å². The number of fused-ring (bicyclic) bond motifs is 1. The third-order valence-electron chi connectivity index (χ3n) is 3.46. The molecule has 0 bridgehead atoms. The highest BCUT2D eigenvalue weighted by atomic mass is 35.5. The summed E-state index contributed by atoms with van der Waals surface area (Å²) in [6, 6.07) is 13.8. The maximum Gasteiger partial charge on any atom is 0.147 e. The van der Waals surface area contributed by atoms with Crippen molar-refractivity contribution >= 4 is 22.6 Å². The fourth-order valence-corrected chi connectivity index (χ4v) is 2.63. The number of aromatic nitrogens is 2. The van der Waals surface area contributed by atoms with E-state index in [0.717, 1.165) is 34.2 Å². The first-order valence-corrected chi connectivity index (χ1v) is 7.39. The van der Waals surface area contributed by atoms with Gasteiger partial charge in [0.2, 0.25) is 0 Å². The maximum atomic E-state index is 6.07. The van der Waals surface area contributed by atoms with E-state index in [1.54, 1.807) is 0 Å². The van der Waals surface area contributed by atoms with E-state index in [1.165, 1.54) is 5.56 Å². The number of halogens is 1. The molecule has 0 fully saturated rings. The number of nitrogens with zero attached hydrogens (tertiary/aromatic N) is 2. The number of ether oxygens (including phenoxy) is 1. The second kappa shape index (κ2) is 5.78. The topological polar surface area (TPSA) is 27.1 Å². The molecule has 3 rings (SSSR count). The van der Waals surface area contributed by atoms with E-state index in [0.29, 0.717) is 6.61 Å². The average Bonchev–Trinajstić information content (AvgIpc) is 2.82. The summed E-state index contributed by atoms with van der Waals surface area (Å²) in [6.45, 7) is 5.43. The molecule has 0 saturated heterocycles.